The number of piperidine rings is 1. The lowest BCUT2D eigenvalue weighted by Gasteiger charge is -2.44. The van der Waals surface area contributed by atoms with Crippen LogP contribution in [0, 0.1) is 0 Å². The number of hydrogen-bond donors (Lipinski definition) is 2. The van der Waals surface area contributed by atoms with Crippen LogP contribution in [0.3, 0.4) is 0 Å². The van der Waals surface area contributed by atoms with Gasteiger partial charge in [-0.25, -0.2) is 4.79 Å². The number of amides is 3. The van der Waals surface area contributed by atoms with Gasteiger partial charge in [0.15, 0.2) is 5.78 Å². The second kappa shape index (κ2) is 11.2. The molecule has 1 aromatic heterocycles. The van der Waals surface area contributed by atoms with Crippen molar-refractivity contribution in [3.63, 3.8) is 0 Å². The number of rotatable bonds is 6. The quantitative estimate of drug-likeness (QED) is 0.286. The molecule has 0 saturated carbocycles. The highest BCUT2D eigenvalue weighted by Gasteiger charge is 2.44. The predicted molar refractivity (Wildman–Crippen MR) is 159 cm³/mol. The highest BCUT2D eigenvalue weighted by molar-refractivity contribution is 7.23. The number of nitrogens with one attached hydrogen (secondary N) is 2. The molecule has 41 heavy (non-hydrogen) atoms. The first-order chi connectivity index (χ1) is 19.9. The van der Waals surface area contributed by atoms with E-state index in [1.165, 1.54) is 11.3 Å². The van der Waals surface area contributed by atoms with Gasteiger partial charge < -0.3 is 19.7 Å². The van der Waals surface area contributed by atoms with Crippen molar-refractivity contribution in [3.8, 4) is 11.5 Å². The van der Waals surface area contributed by atoms with E-state index in [2.05, 4.69) is 10.6 Å². The van der Waals surface area contributed by atoms with Crippen LogP contribution >= 0.6 is 11.3 Å². The van der Waals surface area contributed by atoms with Crippen LogP contribution in [0.4, 0.5) is 9.80 Å². The Labute approximate surface area is 242 Å². The third-order valence-electron chi connectivity index (χ3n) is 7.65. The summed E-state index contributed by atoms with van der Waals surface area (Å²) in [5.41, 5.74) is 1.45. The molecule has 6 rings (SSSR count). The lowest BCUT2D eigenvalue weighted by molar-refractivity contribution is -0.00576. The molecular weight excluding hydrogens is 538 g/mol. The molecule has 0 atom stereocenters. The summed E-state index contributed by atoms with van der Waals surface area (Å²) in [5.74, 6) is 1.08. The topological polar surface area (TPSA) is 97.0 Å². The van der Waals surface area contributed by atoms with Gasteiger partial charge in [-0.1, -0.05) is 48.5 Å². The van der Waals surface area contributed by atoms with Crippen LogP contribution in [-0.4, -0.2) is 47.9 Å². The third-order valence-corrected chi connectivity index (χ3v) is 8.73. The number of urea groups is 1. The molecule has 4 aromatic rings. The SMILES string of the molecule is CCNC(=O)Nc1sc2ccccc2c1C(=O)N1CCC2(CC1)CC(=O)c1ccc(OCc3ccccc3)cc1O2. The Bertz CT molecular complexity index is 1610. The molecule has 2 N–H and O–H groups in total. The van der Waals surface area contributed by atoms with Crippen molar-refractivity contribution in [1.82, 2.24) is 10.2 Å². The summed E-state index contributed by atoms with van der Waals surface area (Å²) in [6.07, 6.45) is 1.33. The van der Waals surface area contributed by atoms with Gasteiger partial charge in [0.25, 0.3) is 5.91 Å². The zero-order valence-corrected chi connectivity index (χ0v) is 23.6. The summed E-state index contributed by atoms with van der Waals surface area (Å²) >= 11 is 1.39. The minimum absolute atomic E-state index is 0.0397. The minimum Gasteiger partial charge on any atom is -0.489 e. The Morgan fingerprint density at radius 2 is 1.78 bits per heavy atom. The van der Waals surface area contributed by atoms with E-state index < -0.39 is 5.60 Å². The van der Waals surface area contributed by atoms with E-state index in [9.17, 15) is 14.4 Å². The summed E-state index contributed by atoms with van der Waals surface area (Å²) in [7, 11) is 0. The molecule has 1 fully saturated rings. The number of likely N-dealkylation sites (tertiary alicyclic amines) is 1. The lowest BCUT2D eigenvalue weighted by Crippen LogP contribution is -2.52. The number of carbonyl (C=O) groups excluding carboxylic acids is 3. The van der Waals surface area contributed by atoms with Crippen LogP contribution in [-0.2, 0) is 6.61 Å². The van der Waals surface area contributed by atoms with E-state index in [-0.39, 0.29) is 24.1 Å². The summed E-state index contributed by atoms with van der Waals surface area (Å²) < 4.78 is 13.4. The van der Waals surface area contributed by atoms with Gasteiger partial charge in [-0.3, -0.25) is 14.9 Å². The van der Waals surface area contributed by atoms with Crippen LogP contribution in [0.15, 0.2) is 72.8 Å². The van der Waals surface area contributed by atoms with Gasteiger partial charge in [-0.2, -0.15) is 0 Å². The molecule has 3 amide bonds. The van der Waals surface area contributed by atoms with Crippen molar-refractivity contribution in [2.75, 3.05) is 25.0 Å². The van der Waals surface area contributed by atoms with Gasteiger partial charge in [-0.05, 0) is 30.7 Å². The van der Waals surface area contributed by atoms with Crippen molar-refractivity contribution >= 4 is 44.1 Å². The van der Waals surface area contributed by atoms with E-state index in [0.29, 0.717) is 66.7 Å². The predicted octanol–water partition coefficient (Wildman–Crippen LogP) is 6.26. The number of carbonyl (C=O) groups is 3. The van der Waals surface area contributed by atoms with Gasteiger partial charge in [0.05, 0.1) is 17.5 Å². The van der Waals surface area contributed by atoms with E-state index in [1.807, 2.05) is 61.5 Å². The molecule has 0 radical (unpaired) electrons. The lowest BCUT2D eigenvalue weighted by atomic mass is 9.82. The zero-order valence-electron chi connectivity index (χ0n) is 22.8. The fourth-order valence-electron chi connectivity index (χ4n) is 5.51. The largest absolute Gasteiger partial charge is 0.489 e. The molecule has 1 spiro atoms. The highest BCUT2D eigenvalue weighted by atomic mass is 32.1. The number of anilines is 1. The van der Waals surface area contributed by atoms with E-state index >= 15 is 0 Å². The molecule has 2 aliphatic heterocycles. The standard InChI is InChI=1S/C32H31N3O5S/c1-2-33-31(38)34-29-28(24-10-6-7-11-27(24)41-29)30(37)35-16-14-32(15-17-35)19-25(36)23-13-12-22(18-26(23)40-32)39-20-21-8-4-3-5-9-21/h3-13,18H,2,14-17,19-20H2,1H3,(H2,33,34,38). The molecule has 8 nitrogen and oxygen atoms in total. The Hall–Kier alpha value is -4.37. The second-order valence-electron chi connectivity index (χ2n) is 10.4. The minimum atomic E-state index is -0.669. The van der Waals surface area contributed by atoms with Crippen molar-refractivity contribution in [2.45, 2.75) is 38.4 Å². The summed E-state index contributed by atoms with van der Waals surface area (Å²) in [6.45, 7) is 3.63. The molecule has 3 aromatic carbocycles. The molecule has 2 aliphatic rings. The van der Waals surface area contributed by atoms with Gasteiger partial charge in [0.2, 0.25) is 0 Å². The number of thiophene rings is 1. The molecule has 0 aliphatic carbocycles. The third kappa shape index (κ3) is 5.50. The second-order valence-corrected chi connectivity index (χ2v) is 11.4. The first-order valence-electron chi connectivity index (χ1n) is 13.8. The fraction of sp³-hybridized carbons (Fsp3) is 0.281. The maximum Gasteiger partial charge on any atom is 0.319 e. The van der Waals surface area contributed by atoms with E-state index in [0.717, 1.165) is 15.6 Å². The Balaban J connectivity index is 1.17. The van der Waals surface area contributed by atoms with Crippen LogP contribution in [0.1, 0.15) is 52.5 Å². The Morgan fingerprint density at radius 3 is 2.56 bits per heavy atom. The van der Waals surface area contributed by atoms with Crippen LogP contribution < -0.4 is 20.1 Å². The molecule has 3 heterocycles. The van der Waals surface area contributed by atoms with E-state index in [4.69, 9.17) is 9.47 Å². The molecule has 0 unspecified atom stereocenters. The van der Waals surface area contributed by atoms with Crippen LogP contribution in [0.5, 0.6) is 11.5 Å². The highest BCUT2D eigenvalue weighted by Crippen LogP contribution is 2.42. The van der Waals surface area contributed by atoms with Crippen molar-refractivity contribution < 1.29 is 23.9 Å². The van der Waals surface area contributed by atoms with Crippen LogP contribution in [0.2, 0.25) is 0 Å². The smallest absolute Gasteiger partial charge is 0.319 e. The Morgan fingerprint density at radius 1 is 1.02 bits per heavy atom. The molecule has 1 saturated heterocycles. The van der Waals surface area contributed by atoms with Gasteiger partial charge in [-0.15, -0.1) is 11.3 Å². The van der Waals surface area contributed by atoms with Gasteiger partial charge in [0, 0.05) is 48.6 Å². The average Bonchev–Trinajstić information content (AvgIpc) is 3.34. The molecular formula is C32H31N3O5S. The number of ether oxygens (including phenoxy) is 2. The fourth-order valence-corrected chi connectivity index (χ4v) is 6.60. The van der Waals surface area contributed by atoms with Crippen molar-refractivity contribution in [3.05, 3.63) is 89.5 Å². The zero-order chi connectivity index (χ0) is 28.4. The first-order valence-corrected chi connectivity index (χ1v) is 14.6. The number of Topliss-reactive ketones (excluding diaryl/α,β-unsaturated/α-hetero) is 1. The number of ketones is 1. The van der Waals surface area contributed by atoms with Crippen molar-refractivity contribution in [2.24, 2.45) is 0 Å². The van der Waals surface area contributed by atoms with Gasteiger partial charge >= 0.3 is 6.03 Å². The summed E-state index contributed by atoms with van der Waals surface area (Å²) in [4.78, 5) is 41.1. The summed E-state index contributed by atoms with van der Waals surface area (Å²) in [6, 6.07) is 22.6. The van der Waals surface area contributed by atoms with Gasteiger partial charge in [0.1, 0.15) is 28.7 Å². The maximum absolute atomic E-state index is 13.8. The first kappa shape index (κ1) is 26.8. The van der Waals surface area contributed by atoms with Crippen molar-refractivity contribution in [1.29, 1.82) is 0 Å². The average molecular weight is 570 g/mol. The summed E-state index contributed by atoms with van der Waals surface area (Å²) in [5, 5.41) is 6.94. The maximum atomic E-state index is 13.8. The number of benzene rings is 3. The Kier molecular flexibility index (Phi) is 7.36. The monoisotopic (exact) mass is 569 g/mol. The molecule has 0 bridgehead atoms. The number of hydrogen-bond acceptors (Lipinski definition) is 6. The molecule has 210 valence electrons. The number of nitrogens with zero attached hydrogens (tertiary/aromatic N) is 1. The number of fused-ring (bicyclic) bond motifs is 2. The normalized spacial score (nSPS) is 15.7. The van der Waals surface area contributed by atoms with E-state index in [1.54, 1.807) is 23.1 Å². The van der Waals surface area contributed by atoms with Crippen LogP contribution in [0.25, 0.3) is 10.1 Å². The molecule has 9 heteroatoms.